The van der Waals surface area contributed by atoms with E-state index in [4.69, 9.17) is 9.84 Å². The molecule has 1 aromatic heterocycles. The van der Waals surface area contributed by atoms with Gasteiger partial charge in [-0.15, -0.1) is 0 Å². The summed E-state index contributed by atoms with van der Waals surface area (Å²) >= 11 is 0. The molecule has 2 rings (SSSR count). The third-order valence-corrected chi connectivity index (χ3v) is 2.67. The summed E-state index contributed by atoms with van der Waals surface area (Å²) in [6, 6.07) is 0. The molecule has 1 amide bonds. The number of hydrogen-bond donors (Lipinski definition) is 2. The fraction of sp³-hybridized carbons (Fsp3) is 0.455. The maximum atomic E-state index is 11.8. The van der Waals surface area contributed by atoms with Gasteiger partial charge in [-0.1, -0.05) is 0 Å². The number of carbonyl (C=O) groups excluding carboxylic acids is 1. The predicted molar refractivity (Wildman–Crippen MR) is 61.2 cm³/mol. The van der Waals surface area contributed by atoms with Crippen molar-refractivity contribution in [2.24, 2.45) is 0 Å². The fourth-order valence-electron chi connectivity index (χ4n) is 1.78. The van der Waals surface area contributed by atoms with Crippen molar-refractivity contribution in [2.75, 3.05) is 5.32 Å². The van der Waals surface area contributed by atoms with Crippen LogP contribution in [-0.2, 0) is 9.53 Å². The Morgan fingerprint density at radius 2 is 2.11 bits per heavy atom. The molecule has 0 radical (unpaired) electrons. The number of amides is 1. The van der Waals surface area contributed by atoms with E-state index in [0.29, 0.717) is 6.42 Å². The number of anilines is 1. The van der Waals surface area contributed by atoms with Crippen LogP contribution in [-0.4, -0.2) is 39.2 Å². The Labute approximate surface area is 103 Å². The van der Waals surface area contributed by atoms with E-state index in [1.165, 1.54) is 12.4 Å². The predicted octanol–water partition coefficient (Wildman–Crippen LogP) is 0.681. The van der Waals surface area contributed by atoms with E-state index in [2.05, 4.69) is 15.3 Å². The highest BCUT2D eigenvalue weighted by atomic mass is 16.5. The van der Waals surface area contributed by atoms with Gasteiger partial charge in [-0.2, -0.15) is 0 Å². The molecule has 2 unspecified atom stereocenters. The molecule has 1 saturated heterocycles. The van der Waals surface area contributed by atoms with Crippen LogP contribution in [0, 0.1) is 0 Å². The second-order valence-electron chi connectivity index (χ2n) is 4.06. The zero-order chi connectivity index (χ0) is 13.1. The summed E-state index contributed by atoms with van der Waals surface area (Å²) in [6.07, 6.45) is 3.50. The molecule has 1 fully saturated rings. The largest absolute Gasteiger partial charge is 0.476 e. The third kappa shape index (κ3) is 2.62. The van der Waals surface area contributed by atoms with Crippen molar-refractivity contribution in [2.45, 2.75) is 32.0 Å². The molecule has 1 aliphatic rings. The van der Waals surface area contributed by atoms with Crippen molar-refractivity contribution in [3.8, 4) is 0 Å². The Kier molecular flexibility index (Phi) is 3.52. The van der Waals surface area contributed by atoms with Gasteiger partial charge in [-0.3, -0.25) is 4.79 Å². The van der Waals surface area contributed by atoms with Crippen molar-refractivity contribution in [3.05, 3.63) is 18.1 Å². The molecule has 2 heterocycles. The normalized spacial score (nSPS) is 22.7. The molecule has 0 bridgehead atoms. The van der Waals surface area contributed by atoms with Crippen LogP contribution in [0.2, 0.25) is 0 Å². The van der Waals surface area contributed by atoms with Crippen LogP contribution in [0.3, 0.4) is 0 Å². The summed E-state index contributed by atoms with van der Waals surface area (Å²) in [5, 5.41) is 11.3. The van der Waals surface area contributed by atoms with Crippen LogP contribution in [0.5, 0.6) is 0 Å². The fourth-order valence-corrected chi connectivity index (χ4v) is 1.78. The first kappa shape index (κ1) is 12.4. The average molecular weight is 251 g/mol. The monoisotopic (exact) mass is 251 g/mol. The molecule has 2 N–H and O–H groups in total. The molecular formula is C11H13N3O4. The van der Waals surface area contributed by atoms with Crippen LogP contribution >= 0.6 is 0 Å². The summed E-state index contributed by atoms with van der Waals surface area (Å²) in [7, 11) is 0. The highest BCUT2D eigenvalue weighted by Gasteiger charge is 2.29. The maximum absolute atomic E-state index is 11.8. The first-order chi connectivity index (χ1) is 8.58. The Balaban J connectivity index is 2.09. The number of hydrogen-bond acceptors (Lipinski definition) is 5. The molecule has 0 saturated carbocycles. The van der Waals surface area contributed by atoms with E-state index in [1.807, 2.05) is 6.92 Å². The van der Waals surface area contributed by atoms with Crippen molar-refractivity contribution in [1.82, 2.24) is 9.97 Å². The number of aromatic carboxylic acids is 1. The lowest BCUT2D eigenvalue weighted by Gasteiger charge is -2.11. The molecule has 96 valence electrons. The van der Waals surface area contributed by atoms with E-state index in [9.17, 15) is 9.59 Å². The van der Waals surface area contributed by atoms with Gasteiger partial charge in [0, 0.05) is 12.4 Å². The first-order valence-corrected chi connectivity index (χ1v) is 5.58. The summed E-state index contributed by atoms with van der Waals surface area (Å²) in [4.78, 5) is 30.2. The quantitative estimate of drug-likeness (QED) is 0.819. The van der Waals surface area contributed by atoms with E-state index in [-0.39, 0.29) is 23.5 Å². The minimum Gasteiger partial charge on any atom is -0.476 e. The van der Waals surface area contributed by atoms with Crippen LogP contribution in [0.1, 0.15) is 30.3 Å². The lowest BCUT2D eigenvalue weighted by Crippen LogP contribution is -2.29. The van der Waals surface area contributed by atoms with E-state index in [0.717, 1.165) is 6.42 Å². The molecule has 2 atom stereocenters. The Bertz CT molecular complexity index is 477. The molecule has 0 aliphatic carbocycles. The molecule has 7 nitrogen and oxygen atoms in total. The molecule has 18 heavy (non-hydrogen) atoms. The summed E-state index contributed by atoms with van der Waals surface area (Å²) in [5.41, 5.74) is -0.281. The van der Waals surface area contributed by atoms with Crippen molar-refractivity contribution in [3.63, 3.8) is 0 Å². The SMILES string of the molecule is CC1CCC(C(=O)Nc2nccnc2C(=O)O)O1. The molecule has 0 spiro atoms. The molecule has 1 aromatic rings. The van der Waals surface area contributed by atoms with Crippen LogP contribution in [0.15, 0.2) is 12.4 Å². The average Bonchev–Trinajstić information content (AvgIpc) is 2.76. The highest BCUT2D eigenvalue weighted by Crippen LogP contribution is 2.20. The number of carboxylic acids is 1. The molecular weight excluding hydrogens is 238 g/mol. The molecule has 0 aromatic carbocycles. The number of nitrogens with zero attached hydrogens (tertiary/aromatic N) is 2. The maximum Gasteiger partial charge on any atom is 0.358 e. The van der Waals surface area contributed by atoms with Gasteiger partial charge in [-0.05, 0) is 19.8 Å². The van der Waals surface area contributed by atoms with Gasteiger partial charge >= 0.3 is 5.97 Å². The smallest absolute Gasteiger partial charge is 0.358 e. The number of aromatic nitrogens is 2. The van der Waals surface area contributed by atoms with Gasteiger partial charge in [0.15, 0.2) is 11.5 Å². The number of nitrogens with one attached hydrogen (secondary N) is 1. The molecule has 1 aliphatic heterocycles. The van der Waals surface area contributed by atoms with Crippen molar-refractivity contribution >= 4 is 17.7 Å². The van der Waals surface area contributed by atoms with E-state index < -0.39 is 12.1 Å². The zero-order valence-electron chi connectivity index (χ0n) is 9.79. The number of carboxylic acid groups (broad SMARTS) is 1. The highest BCUT2D eigenvalue weighted by molar-refractivity contribution is 5.99. The first-order valence-electron chi connectivity index (χ1n) is 5.58. The van der Waals surface area contributed by atoms with Gasteiger partial charge in [-0.25, -0.2) is 14.8 Å². The van der Waals surface area contributed by atoms with Crippen LogP contribution < -0.4 is 5.32 Å². The lowest BCUT2D eigenvalue weighted by molar-refractivity contribution is -0.126. The minimum absolute atomic E-state index is 0.0431. The summed E-state index contributed by atoms with van der Waals surface area (Å²) < 4.78 is 5.39. The number of rotatable bonds is 3. The van der Waals surface area contributed by atoms with Gasteiger partial charge in [0.25, 0.3) is 5.91 Å². The van der Waals surface area contributed by atoms with E-state index >= 15 is 0 Å². The van der Waals surface area contributed by atoms with Gasteiger partial charge in [0.1, 0.15) is 6.10 Å². The Morgan fingerprint density at radius 1 is 1.39 bits per heavy atom. The Morgan fingerprint density at radius 3 is 2.72 bits per heavy atom. The van der Waals surface area contributed by atoms with Crippen molar-refractivity contribution < 1.29 is 19.4 Å². The van der Waals surface area contributed by atoms with Crippen LogP contribution in [0.25, 0.3) is 0 Å². The minimum atomic E-state index is -1.24. The van der Waals surface area contributed by atoms with Gasteiger partial charge < -0.3 is 15.2 Å². The standard InChI is InChI=1S/C11H13N3O4/c1-6-2-3-7(18-6)10(15)14-9-8(11(16)17)12-4-5-13-9/h4-7H,2-3H2,1H3,(H,16,17)(H,13,14,15). The molecule has 7 heteroatoms. The summed E-state index contributed by atoms with van der Waals surface area (Å²) in [5.74, 6) is -1.68. The number of carbonyl (C=O) groups is 2. The van der Waals surface area contributed by atoms with Crippen molar-refractivity contribution in [1.29, 1.82) is 0 Å². The second kappa shape index (κ2) is 5.09. The van der Waals surface area contributed by atoms with E-state index in [1.54, 1.807) is 0 Å². The lowest BCUT2D eigenvalue weighted by atomic mass is 10.2. The van der Waals surface area contributed by atoms with Crippen LogP contribution in [0.4, 0.5) is 5.82 Å². The Hall–Kier alpha value is -2.02. The second-order valence-corrected chi connectivity index (χ2v) is 4.06. The zero-order valence-corrected chi connectivity index (χ0v) is 9.79. The summed E-state index contributed by atoms with van der Waals surface area (Å²) in [6.45, 7) is 1.89. The topological polar surface area (TPSA) is 101 Å². The van der Waals surface area contributed by atoms with Gasteiger partial charge in [0.05, 0.1) is 6.10 Å². The third-order valence-electron chi connectivity index (χ3n) is 2.67. The number of ether oxygens (including phenoxy) is 1. The van der Waals surface area contributed by atoms with Gasteiger partial charge in [0.2, 0.25) is 0 Å².